The number of methoxy groups -OCH3 is 1. The fourth-order valence-corrected chi connectivity index (χ4v) is 1.53. The van der Waals surface area contributed by atoms with Crippen molar-refractivity contribution in [3.05, 3.63) is 65.5 Å². The topological polar surface area (TPSA) is 80.6 Å². The molecule has 2 aromatic rings. The minimum absolute atomic E-state index is 0.307. The predicted molar refractivity (Wildman–Crippen MR) is 77.1 cm³/mol. The summed E-state index contributed by atoms with van der Waals surface area (Å²) in [6, 6.07) is 11.9. The lowest BCUT2D eigenvalue weighted by Crippen LogP contribution is -2.17. The molecule has 0 bridgehead atoms. The highest BCUT2D eigenvalue weighted by Gasteiger charge is 2.05. The number of nitrogens with one attached hydrogen (secondary N) is 1. The van der Waals surface area contributed by atoms with Crippen molar-refractivity contribution in [3.8, 4) is 0 Å². The fourth-order valence-electron chi connectivity index (χ4n) is 1.53. The monoisotopic (exact) mass is 283 g/mol. The van der Waals surface area contributed by atoms with Crippen LogP contribution in [0.5, 0.6) is 0 Å². The molecular formula is C15H13N3O3. The first-order valence-electron chi connectivity index (χ1n) is 6.13. The van der Waals surface area contributed by atoms with E-state index in [2.05, 4.69) is 20.2 Å². The molecule has 1 amide bonds. The SMILES string of the molecule is COC(=O)c1ccc(/C=N/NC(=O)c2ccccc2)nc1. The van der Waals surface area contributed by atoms with Crippen molar-refractivity contribution in [2.45, 2.75) is 0 Å². The summed E-state index contributed by atoms with van der Waals surface area (Å²) in [7, 11) is 1.30. The second kappa shape index (κ2) is 6.95. The third-order valence-corrected chi connectivity index (χ3v) is 2.61. The van der Waals surface area contributed by atoms with E-state index in [0.29, 0.717) is 16.8 Å². The molecular weight excluding hydrogens is 270 g/mol. The third kappa shape index (κ3) is 3.97. The number of hydrogen-bond donors (Lipinski definition) is 1. The Balaban J connectivity index is 1.95. The first kappa shape index (κ1) is 14.4. The van der Waals surface area contributed by atoms with E-state index in [9.17, 15) is 9.59 Å². The van der Waals surface area contributed by atoms with Gasteiger partial charge in [-0.15, -0.1) is 0 Å². The number of amides is 1. The zero-order chi connectivity index (χ0) is 15.1. The smallest absolute Gasteiger partial charge is 0.339 e. The molecule has 0 saturated heterocycles. The highest BCUT2D eigenvalue weighted by Crippen LogP contribution is 2.01. The molecule has 1 aromatic heterocycles. The number of nitrogens with zero attached hydrogens (tertiary/aromatic N) is 2. The number of carbonyl (C=O) groups is 2. The molecule has 1 N–H and O–H groups in total. The number of rotatable bonds is 4. The van der Waals surface area contributed by atoms with Gasteiger partial charge in [-0.1, -0.05) is 18.2 Å². The molecule has 0 radical (unpaired) electrons. The first-order valence-corrected chi connectivity index (χ1v) is 6.13. The van der Waals surface area contributed by atoms with Crippen LogP contribution in [0.25, 0.3) is 0 Å². The van der Waals surface area contributed by atoms with Crippen LogP contribution >= 0.6 is 0 Å². The van der Waals surface area contributed by atoms with Gasteiger partial charge in [-0.3, -0.25) is 9.78 Å². The number of carbonyl (C=O) groups excluding carboxylic acids is 2. The molecule has 21 heavy (non-hydrogen) atoms. The number of ether oxygens (including phenoxy) is 1. The summed E-state index contributed by atoms with van der Waals surface area (Å²) in [6.45, 7) is 0. The number of pyridine rings is 1. The molecule has 0 aliphatic carbocycles. The molecule has 0 aliphatic rings. The average Bonchev–Trinajstić information content (AvgIpc) is 2.55. The Hall–Kier alpha value is -3.02. The third-order valence-electron chi connectivity index (χ3n) is 2.61. The normalized spacial score (nSPS) is 10.3. The van der Waals surface area contributed by atoms with Crippen molar-refractivity contribution in [3.63, 3.8) is 0 Å². The maximum atomic E-state index is 11.7. The standard InChI is InChI=1S/C15H13N3O3/c1-21-15(20)12-7-8-13(16-9-12)10-17-18-14(19)11-5-3-2-4-6-11/h2-10H,1H3,(H,18,19)/b17-10+. The van der Waals surface area contributed by atoms with E-state index in [4.69, 9.17) is 0 Å². The zero-order valence-electron chi connectivity index (χ0n) is 11.3. The van der Waals surface area contributed by atoms with E-state index in [1.165, 1.54) is 19.5 Å². The van der Waals surface area contributed by atoms with Crippen LogP contribution in [0.15, 0.2) is 53.8 Å². The van der Waals surface area contributed by atoms with E-state index >= 15 is 0 Å². The molecule has 0 atom stereocenters. The summed E-state index contributed by atoms with van der Waals surface area (Å²) in [6.07, 6.45) is 2.77. The van der Waals surface area contributed by atoms with Gasteiger partial charge in [0.2, 0.25) is 0 Å². The highest BCUT2D eigenvalue weighted by atomic mass is 16.5. The molecule has 0 aliphatic heterocycles. The maximum Gasteiger partial charge on any atom is 0.339 e. The Bertz CT molecular complexity index is 652. The van der Waals surface area contributed by atoms with Crippen molar-refractivity contribution in [1.29, 1.82) is 0 Å². The van der Waals surface area contributed by atoms with E-state index in [1.807, 2.05) is 6.07 Å². The summed E-state index contributed by atoms with van der Waals surface area (Å²) >= 11 is 0. The van der Waals surface area contributed by atoms with Crippen LogP contribution in [0.4, 0.5) is 0 Å². The van der Waals surface area contributed by atoms with Gasteiger partial charge >= 0.3 is 5.97 Å². The predicted octanol–water partition coefficient (Wildman–Crippen LogP) is 1.63. The Morgan fingerprint density at radius 1 is 1.14 bits per heavy atom. The molecule has 0 spiro atoms. The first-order chi connectivity index (χ1) is 10.2. The van der Waals surface area contributed by atoms with Crippen LogP contribution in [0.2, 0.25) is 0 Å². The lowest BCUT2D eigenvalue weighted by atomic mass is 10.2. The zero-order valence-corrected chi connectivity index (χ0v) is 11.3. The van der Waals surface area contributed by atoms with Crippen LogP contribution in [0.1, 0.15) is 26.4 Å². The molecule has 1 aromatic carbocycles. The molecule has 2 rings (SSSR count). The van der Waals surface area contributed by atoms with Crippen LogP contribution in [0.3, 0.4) is 0 Å². The summed E-state index contributed by atoms with van der Waals surface area (Å²) in [5.41, 5.74) is 3.77. The largest absolute Gasteiger partial charge is 0.465 e. The van der Waals surface area contributed by atoms with E-state index in [-0.39, 0.29) is 5.91 Å². The number of hydrogen-bond acceptors (Lipinski definition) is 5. The lowest BCUT2D eigenvalue weighted by Gasteiger charge is -2.00. The van der Waals surface area contributed by atoms with Crippen LogP contribution in [0, 0.1) is 0 Å². The fraction of sp³-hybridized carbons (Fsp3) is 0.0667. The molecule has 0 unspecified atom stereocenters. The van der Waals surface area contributed by atoms with Gasteiger partial charge in [-0.25, -0.2) is 10.2 Å². The average molecular weight is 283 g/mol. The van der Waals surface area contributed by atoms with E-state index < -0.39 is 5.97 Å². The van der Waals surface area contributed by atoms with Crippen molar-refractivity contribution in [2.75, 3.05) is 7.11 Å². The minimum atomic E-state index is -0.455. The molecule has 1 heterocycles. The van der Waals surface area contributed by atoms with Gasteiger partial charge in [0.05, 0.1) is 24.6 Å². The number of hydrazone groups is 1. The van der Waals surface area contributed by atoms with Gasteiger partial charge in [0.15, 0.2) is 0 Å². The summed E-state index contributed by atoms with van der Waals surface area (Å²) in [4.78, 5) is 27.0. The molecule has 0 saturated carbocycles. The number of aromatic nitrogens is 1. The molecule has 6 heteroatoms. The van der Waals surface area contributed by atoms with E-state index in [1.54, 1.807) is 36.4 Å². The Kier molecular flexibility index (Phi) is 4.76. The van der Waals surface area contributed by atoms with Crippen molar-refractivity contribution in [1.82, 2.24) is 10.4 Å². The Labute approximate surface area is 121 Å². The number of esters is 1. The highest BCUT2D eigenvalue weighted by molar-refractivity contribution is 5.94. The quantitative estimate of drug-likeness (QED) is 0.525. The van der Waals surface area contributed by atoms with Gasteiger partial charge in [0.25, 0.3) is 5.91 Å². The van der Waals surface area contributed by atoms with Gasteiger partial charge in [-0.2, -0.15) is 5.10 Å². The second-order valence-corrected chi connectivity index (χ2v) is 4.03. The summed E-state index contributed by atoms with van der Waals surface area (Å²) in [5.74, 6) is -0.763. The second-order valence-electron chi connectivity index (χ2n) is 4.03. The number of benzene rings is 1. The Morgan fingerprint density at radius 2 is 1.90 bits per heavy atom. The summed E-state index contributed by atoms with van der Waals surface area (Å²) in [5, 5.41) is 3.81. The van der Waals surface area contributed by atoms with Gasteiger partial charge in [-0.05, 0) is 24.3 Å². The molecule has 0 fully saturated rings. The molecule has 6 nitrogen and oxygen atoms in total. The van der Waals surface area contributed by atoms with Crippen molar-refractivity contribution < 1.29 is 14.3 Å². The Morgan fingerprint density at radius 3 is 2.52 bits per heavy atom. The van der Waals surface area contributed by atoms with Gasteiger partial charge in [0, 0.05) is 11.8 Å². The van der Waals surface area contributed by atoms with Crippen LogP contribution < -0.4 is 5.43 Å². The van der Waals surface area contributed by atoms with Crippen molar-refractivity contribution in [2.24, 2.45) is 5.10 Å². The summed E-state index contributed by atoms with van der Waals surface area (Å²) < 4.78 is 4.57. The van der Waals surface area contributed by atoms with Crippen LogP contribution in [-0.4, -0.2) is 30.2 Å². The maximum absolute atomic E-state index is 11.7. The minimum Gasteiger partial charge on any atom is -0.465 e. The van der Waals surface area contributed by atoms with E-state index in [0.717, 1.165) is 0 Å². The lowest BCUT2D eigenvalue weighted by molar-refractivity contribution is 0.0600. The van der Waals surface area contributed by atoms with Gasteiger partial charge < -0.3 is 4.74 Å². The van der Waals surface area contributed by atoms with Crippen molar-refractivity contribution >= 4 is 18.1 Å². The van der Waals surface area contributed by atoms with Gasteiger partial charge in [0.1, 0.15) is 0 Å². The molecule has 106 valence electrons. The van der Waals surface area contributed by atoms with Crippen LogP contribution in [-0.2, 0) is 4.74 Å².